The summed E-state index contributed by atoms with van der Waals surface area (Å²) in [6.07, 6.45) is 1.65. The molecular weight excluding hydrogens is 270 g/mol. The SMILES string of the molecule is Cc1cc(-c2nnnn2C(CC(=O)O)C(C)(C)C)ccn1. The average molecular weight is 289 g/mol. The van der Waals surface area contributed by atoms with Gasteiger partial charge >= 0.3 is 5.97 Å². The number of aromatic nitrogens is 5. The highest BCUT2D eigenvalue weighted by Gasteiger charge is 2.32. The molecule has 0 amide bonds. The van der Waals surface area contributed by atoms with Crippen LogP contribution >= 0.6 is 0 Å². The predicted molar refractivity (Wildman–Crippen MR) is 76.5 cm³/mol. The number of carboxylic acid groups (broad SMARTS) is 1. The zero-order valence-electron chi connectivity index (χ0n) is 12.6. The van der Waals surface area contributed by atoms with Gasteiger partial charge in [-0.05, 0) is 34.9 Å². The smallest absolute Gasteiger partial charge is 0.305 e. The van der Waals surface area contributed by atoms with Crippen LogP contribution in [-0.4, -0.2) is 36.3 Å². The van der Waals surface area contributed by atoms with Crippen LogP contribution in [0, 0.1) is 12.3 Å². The molecule has 0 aliphatic carbocycles. The Morgan fingerprint density at radius 3 is 2.71 bits per heavy atom. The van der Waals surface area contributed by atoms with Gasteiger partial charge in [0.05, 0.1) is 12.5 Å². The summed E-state index contributed by atoms with van der Waals surface area (Å²) in [5.74, 6) is -0.316. The number of pyridine rings is 1. The van der Waals surface area contributed by atoms with Crippen LogP contribution in [0.25, 0.3) is 11.4 Å². The summed E-state index contributed by atoms with van der Waals surface area (Å²) in [6, 6.07) is 3.35. The second-order valence-corrected chi connectivity index (χ2v) is 6.11. The molecule has 7 nitrogen and oxygen atoms in total. The van der Waals surface area contributed by atoms with E-state index in [1.807, 2.05) is 39.8 Å². The summed E-state index contributed by atoms with van der Waals surface area (Å²) in [4.78, 5) is 15.3. The number of rotatable bonds is 4. The van der Waals surface area contributed by atoms with E-state index in [9.17, 15) is 4.79 Å². The number of carboxylic acids is 1. The molecule has 1 unspecified atom stereocenters. The molecule has 2 aromatic rings. The van der Waals surface area contributed by atoms with Crippen LogP contribution in [0.3, 0.4) is 0 Å². The Hall–Kier alpha value is -2.31. The summed E-state index contributed by atoms with van der Waals surface area (Å²) in [5, 5.41) is 20.9. The Balaban J connectivity index is 2.49. The van der Waals surface area contributed by atoms with Gasteiger partial charge in [-0.25, -0.2) is 4.68 Å². The lowest BCUT2D eigenvalue weighted by Crippen LogP contribution is -2.28. The first-order valence-electron chi connectivity index (χ1n) is 6.71. The minimum atomic E-state index is -0.873. The molecule has 2 aromatic heterocycles. The number of carbonyl (C=O) groups is 1. The van der Waals surface area contributed by atoms with Gasteiger partial charge in [0.1, 0.15) is 0 Å². The van der Waals surface area contributed by atoms with E-state index >= 15 is 0 Å². The van der Waals surface area contributed by atoms with Crippen LogP contribution in [-0.2, 0) is 4.79 Å². The number of hydrogen-bond donors (Lipinski definition) is 1. The van der Waals surface area contributed by atoms with Gasteiger partial charge < -0.3 is 5.11 Å². The Labute approximate surface area is 123 Å². The molecule has 0 radical (unpaired) electrons. The molecule has 2 heterocycles. The van der Waals surface area contributed by atoms with Gasteiger partial charge in [0.25, 0.3) is 0 Å². The molecular formula is C14H19N5O2. The van der Waals surface area contributed by atoms with Gasteiger partial charge in [-0.2, -0.15) is 0 Å². The van der Waals surface area contributed by atoms with E-state index in [1.54, 1.807) is 10.9 Å². The molecule has 0 saturated heterocycles. The van der Waals surface area contributed by atoms with Crippen molar-refractivity contribution < 1.29 is 9.90 Å². The van der Waals surface area contributed by atoms with E-state index in [4.69, 9.17) is 5.11 Å². The normalized spacial score (nSPS) is 13.1. The van der Waals surface area contributed by atoms with Crippen molar-refractivity contribution in [2.45, 2.75) is 40.2 Å². The van der Waals surface area contributed by atoms with Crippen molar-refractivity contribution in [3.63, 3.8) is 0 Å². The average Bonchev–Trinajstić information content (AvgIpc) is 2.83. The monoisotopic (exact) mass is 289 g/mol. The molecule has 0 aromatic carbocycles. The number of hydrogen-bond acceptors (Lipinski definition) is 5. The molecule has 7 heteroatoms. The first-order valence-corrected chi connectivity index (χ1v) is 6.71. The zero-order chi connectivity index (χ0) is 15.6. The molecule has 1 atom stereocenters. The highest BCUT2D eigenvalue weighted by Crippen LogP contribution is 2.35. The van der Waals surface area contributed by atoms with Gasteiger partial charge in [-0.1, -0.05) is 20.8 Å². The predicted octanol–water partition coefficient (Wildman–Crippen LogP) is 2.11. The Morgan fingerprint density at radius 1 is 1.43 bits per heavy atom. The lowest BCUT2D eigenvalue weighted by molar-refractivity contribution is -0.138. The largest absolute Gasteiger partial charge is 0.481 e. The van der Waals surface area contributed by atoms with E-state index in [2.05, 4.69) is 20.5 Å². The summed E-state index contributed by atoms with van der Waals surface area (Å²) >= 11 is 0. The van der Waals surface area contributed by atoms with Crippen LogP contribution in [0.5, 0.6) is 0 Å². The topological polar surface area (TPSA) is 93.8 Å². The van der Waals surface area contributed by atoms with Crippen LogP contribution in [0.4, 0.5) is 0 Å². The van der Waals surface area contributed by atoms with Gasteiger partial charge in [-0.3, -0.25) is 9.78 Å². The maximum absolute atomic E-state index is 11.2. The molecule has 0 spiro atoms. The van der Waals surface area contributed by atoms with Crippen molar-refractivity contribution in [3.05, 3.63) is 24.0 Å². The fourth-order valence-corrected chi connectivity index (χ4v) is 2.20. The van der Waals surface area contributed by atoms with Crippen LogP contribution < -0.4 is 0 Å². The quantitative estimate of drug-likeness (QED) is 0.926. The summed E-state index contributed by atoms with van der Waals surface area (Å²) in [7, 11) is 0. The van der Waals surface area contributed by atoms with Crippen molar-refractivity contribution in [2.75, 3.05) is 0 Å². The lowest BCUT2D eigenvalue weighted by Gasteiger charge is -2.29. The second-order valence-electron chi connectivity index (χ2n) is 6.11. The fourth-order valence-electron chi connectivity index (χ4n) is 2.20. The lowest BCUT2D eigenvalue weighted by atomic mass is 9.84. The summed E-state index contributed by atoms with van der Waals surface area (Å²) in [6.45, 7) is 7.81. The number of aryl methyl sites for hydroxylation is 1. The van der Waals surface area contributed by atoms with E-state index < -0.39 is 5.97 Å². The van der Waals surface area contributed by atoms with Crippen molar-refractivity contribution in [3.8, 4) is 11.4 Å². The van der Waals surface area contributed by atoms with Crippen LogP contribution in [0.2, 0.25) is 0 Å². The third-order valence-corrected chi connectivity index (χ3v) is 3.31. The van der Waals surface area contributed by atoms with E-state index in [0.717, 1.165) is 11.3 Å². The van der Waals surface area contributed by atoms with Gasteiger partial charge in [-0.15, -0.1) is 5.10 Å². The standard InChI is InChI=1S/C14H19N5O2/c1-9-7-10(5-6-15-9)13-16-17-18-19(13)11(8-12(20)21)14(2,3)4/h5-7,11H,8H2,1-4H3,(H,20,21). The van der Waals surface area contributed by atoms with Crippen molar-refractivity contribution in [1.29, 1.82) is 0 Å². The maximum Gasteiger partial charge on any atom is 0.305 e. The maximum atomic E-state index is 11.2. The molecule has 0 aliphatic heterocycles. The first kappa shape index (κ1) is 15.1. The van der Waals surface area contributed by atoms with Gasteiger partial charge in [0.2, 0.25) is 0 Å². The van der Waals surface area contributed by atoms with Crippen LogP contribution in [0.1, 0.15) is 38.9 Å². The Morgan fingerprint density at radius 2 is 2.14 bits per heavy atom. The molecule has 112 valence electrons. The third-order valence-electron chi connectivity index (χ3n) is 3.31. The van der Waals surface area contributed by atoms with Crippen molar-refractivity contribution in [2.24, 2.45) is 5.41 Å². The highest BCUT2D eigenvalue weighted by molar-refractivity contribution is 5.67. The van der Waals surface area contributed by atoms with Gasteiger partial charge in [0.15, 0.2) is 5.82 Å². The zero-order valence-corrected chi connectivity index (χ0v) is 12.6. The third kappa shape index (κ3) is 3.42. The first-order chi connectivity index (χ1) is 9.79. The molecule has 0 bridgehead atoms. The fraction of sp³-hybridized carbons (Fsp3) is 0.500. The minimum absolute atomic E-state index is 0.0361. The Bertz CT molecular complexity index is 645. The van der Waals surface area contributed by atoms with E-state index in [-0.39, 0.29) is 17.9 Å². The number of aliphatic carboxylic acids is 1. The van der Waals surface area contributed by atoms with Crippen LogP contribution in [0.15, 0.2) is 18.3 Å². The van der Waals surface area contributed by atoms with Gasteiger partial charge in [0, 0.05) is 17.5 Å². The van der Waals surface area contributed by atoms with Crippen molar-refractivity contribution >= 4 is 5.97 Å². The molecule has 21 heavy (non-hydrogen) atoms. The molecule has 2 rings (SSSR count). The summed E-state index contributed by atoms with van der Waals surface area (Å²) in [5.41, 5.74) is 1.39. The Kier molecular flexibility index (Phi) is 4.02. The number of tetrazole rings is 1. The van der Waals surface area contributed by atoms with E-state index in [0.29, 0.717) is 5.82 Å². The molecule has 0 fully saturated rings. The highest BCUT2D eigenvalue weighted by atomic mass is 16.4. The van der Waals surface area contributed by atoms with E-state index in [1.165, 1.54) is 0 Å². The minimum Gasteiger partial charge on any atom is -0.481 e. The molecule has 0 saturated carbocycles. The second kappa shape index (κ2) is 5.59. The molecule has 1 N–H and O–H groups in total. The van der Waals surface area contributed by atoms with Crippen molar-refractivity contribution in [1.82, 2.24) is 25.2 Å². The number of nitrogens with zero attached hydrogens (tertiary/aromatic N) is 5. The summed E-state index contributed by atoms with van der Waals surface area (Å²) < 4.78 is 1.60. The molecule has 0 aliphatic rings.